The maximum atomic E-state index is 5.74. The van der Waals surface area contributed by atoms with Crippen LogP contribution < -0.4 is 5.32 Å². The number of ether oxygens (including phenoxy) is 1. The minimum atomic E-state index is 0.182. The maximum absolute atomic E-state index is 5.74. The van der Waals surface area contributed by atoms with Crippen LogP contribution in [0.15, 0.2) is 0 Å². The molecule has 0 saturated heterocycles. The highest BCUT2D eigenvalue weighted by Gasteiger charge is 2.49. The lowest BCUT2D eigenvalue weighted by Crippen LogP contribution is -2.58. The van der Waals surface area contributed by atoms with E-state index in [1.807, 2.05) is 0 Å². The van der Waals surface area contributed by atoms with Crippen LogP contribution in [0.25, 0.3) is 0 Å². The number of aromatic nitrogens is 2. The minimum absolute atomic E-state index is 0.182. The van der Waals surface area contributed by atoms with E-state index in [0.717, 1.165) is 24.0 Å². The summed E-state index contributed by atoms with van der Waals surface area (Å²) in [5.41, 5.74) is 0.182. The summed E-state index contributed by atoms with van der Waals surface area (Å²) >= 11 is 1.50. The van der Waals surface area contributed by atoms with Crippen LogP contribution >= 0.6 is 11.5 Å². The Morgan fingerprint density at radius 3 is 2.83 bits per heavy atom. The normalized spacial score (nSPS) is 29.9. The number of hydrogen-bond donors (Lipinski definition) is 1. The standard InChI is InChI=1S/C13H21N3OS/c1-4-17-10-7-9(13(10,2)3)14-12-15-11(16-18-12)8-5-6-8/h8-10H,4-7H2,1-3H3,(H,14,15,16). The average molecular weight is 267 g/mol. The molecule has 2 fully saturated rings. The van der Waals surface area contributed by atoms with Gasteiger partial charge in [-0.25, -0.2) is 4.98 Å². The fraction of sp³-hybridized carbons (Fsp3) is 0.846. The van der Waals surface area contributed by atoms with Gasteiger partial charge >= 0.3 is 0 Å². The number of hydrogen-bond acceptors (Lipinski definition) is 5. The number of nitrogens with one attached hydrogen (secondary N) is 1. The summed E-state index contributed by atoms with van der Waals surface area (Å²) in [7, 11) is 0. The Hall–Kier alpha value is -0.680. The van der Waals surface area contributed by atoms with E-state index in [4.69, 9.17) is 4.74 Å². The van der Waals surface area contributed by atoms with Gasteiger partial charge in [0.1, 0.15) is 5.82 Å². The van der Waals surface area contributed by atoms with Gasteiger partial charge in [-0.1, -0.05) is 13.8 Å². The maximum Gasteiger partial charge on any atom is 0.202 e. The molecule has 1 N–H and O–H groups in total. The first-order valence-electron chi connectivity index (χ1n) is 6.83. The van der Waals surface area contributed by atoms with Crippen LogP contribution in [0.1, 0.15) is 51.8 Å². The zero-order chi connectivity index (χ0) is 12.8. The zero-order valence-electron chi connectivity index (χ0n) is 11.3. The third-order valence-corrected chi connectivity index (χ3v) is 4.89. The predicted molar refractivity (Wildman–Crippen MR) is 73.1 cm³/mol. The molecule has 0 bridgehead atoms. The third kappa shape index (κ3) is 2.14. The molecule has 0 spiro atoms. The summed E-state index contributed by atoms with van der Waals surface area (Å²) < 4.78 is 10.2. The second-order valence-electron chi connectivity index (χ2n) is 5.93. The van der Waals surface area contributed by atoms with Gasteiger partial charge in [0.15, 0.2) is 0 Å². The fourth-order valence-electron chi connectivity index (χ4n) is 2.56. The molecule has 3 rings (SSSR count). The highest BCUT2D eigenvalue weighted by molar-refractivity contribution is 7.09. The lowest BCUT2D eigenvalue weighted by atomic mass is 9.64. The molecule has 18 heavy (non-hydrogen) atoms. The summed E-state index contributed by atoms with van der Waals surface area (Å²) in [6.07, 6.45) is 3.96. The average Bonchev–Trinajstić information content (AvgIpc) is 3.09. The van der Waals surface area contributed by atoms with Gasteiger partial charge in [-0.05, 0) is 26.2 Å². The van der Waals surface area contributed by atoms with Gasteiger partial charge in [-0.15, -0.1) is 0 Å². The second kappa shape index (κ2) is 4.46. The van der Waals surface area contributed by atoms with Crippen molar-refractivity contribution in [2.75, 3.05) is 11.9 Å². The molecular weight excluding hydrogens is 246 g/mol. The molecule has 1 aromatic heterocycles. The first-order chi connectivity index (χ1) is 8.61. The van der Waals surface area contributed by atoms with Crippen molar-refractivity contribution < 1.29 is 4.74 Å². The molecular formula is C13H21N3OS. The van der Waals surface area contributed by atoms with Crippen LogP contribution in [0.4, 0.5) is 5.13 Å². The number of anilines is 1. The molecule has 2 saturated carbocycles. The van der Waals surface area contributed by atoms with Crippen molar-refractivity contribution in [1.82, 2.24) is 9.36 Å². The minimum Gasteiger partial charge on any atom is -0.378 e. The highest BCUT2D eigenvalue weighted by atomic mass is 32.1. The van der Waals surface area contributed by atoms with Crippen LogP contribution in [-0.4, -0.2) is 28.1 Å². The molecule has 0 amide bonds. The molecule has 0 radical (unpaired) electrons. The van der Waals surface area contributed by atoms with Gasteiger partial charge < -0.3 is 10.1 Å². The first kappa shape index (κ1) is 12.4. The summed E-state index contributed by atoms with van der Waals surface area (Å²) in [6, 6.07) is 0.453. The van der Waals surface area contributed by atoms with Crippen molar-refractivity contribution in [3.8, 4) is 0 Å². The molecule has 0 aliphatic heterocycles. The van der Waals surface area contributed by atoms with Gasteiger partial charge in [0, 0.05) is 35.5 Å². The van der Waals surface area contributed by atoms with E-state index in [9.17, 15) is 0 Å². The number of nitrogens with zero attached hydrogens (tertiary/aromatic N) is 2. The SMILES string of the molecule is CCOC1CC(Nc2nc(C3CC3)ns2)C1(C)C. The smallest absolute Gasteiger partial charge is 0.202 e. The Balaban J connectivity index is 1.59. The fourth-order valence-corrected chi connectivity index (χ4v) is 3.26. The molecule has 100 valence electrons. The lowest BCUT2D eigenvalue weighted by Gasteiger charge is -2.51. The Bertz CT molecular complexity index is 428. The van der Waals surface area contributed by atoms with Crippen LogP contribution in [0.3, 0.4) is 0 Å². The van der Waals surface area contributed by atoms with E-state index >= 15 is 0 Å². The molecule has 2 aliphatic rings. The summed E-state index contributed by atoms with van der Waals surface area (Å²) in [4.78, 5) is 4.59. The summed E-state index contributed by atoms with van der Waals surface area (Å²) in [6.45, 7) is 7.38. The van der Waals surface area contributed by atoms with Crippen molar-refractivity contribution in [2.24, 2.45) is 5.41 Å². The largest absolute Gasteiger partial charge is 0.378 e. The van der Waals surface area contributed by atoms with Crippen molar-refractivity contribution in [2.45, 2.75) is 58.1 Å². The van der Waals surface area contributed by atoms with Crippen LogP contribution in [0.5, 0.6) is 0 Å². The van der Waals surface area contributed by atoms with Gasteiger partial charge in [-0.3, -0.25) is 0 Å². The number of rotatable bonds is 5. The Labute approximate surface area is 112 Å². The molecule has 2 unspecified atom stereocenters. The molecule has 0 aromatic carbocycles. The van der Waals surface area contributed by atoms with Crippen molar-refractivity contribution in [3.63, 3.8) is 0 Å². The van der Waals surface area contributed by atoms with Crippen LogP contribution in [0, 0.1) is 5.41 Å². The predicted octanol–water partition coefficient (Wildman–Crippen LogP) is 3.03. The van der Waals surface area contributed by atoms with E-state index < -0.39 is 0 Å². The topological polar surface area (TPSA) is 47.0 Å². The van der Waals surface area contributed by atoms with E-state index in [1.54, 1.807) is 0 Å². The van der Waals surface area contributed by atoms with Crippen molar-refractivity contribution in [3.05, 3.63) is 5.82 Å². The quantitative estimate of drug-likeness (QED) is 0.890. The molecule has 1 aromatic rings. The zero-order valence-corrected chi connectivity index (χ0v) is 12.1. The Kier molecular flexibility index (Phi) is 3.06. The molecule has 5 heteroatoms. The first-order valence-corrected chi connectivity index (χ1v) is 7.60. The van der Waals surface area contributed by atoms with E-state index in [-0.39, 0.29) is 5.41 Å². The van der Waals surface area contributed by atoms with E-state index in [0.29, 0.717) is 18.1 Å². The Morgan fingerprint density at radius 2 is 2.22 bits per heavy atom. The Morgan fingerprint density at radius 1 is 1.44 bits per heavy atom. The molecule has 4 nitrogen and oxygen atoms in total. The van der Waals surface area contributed by atoms with Crippen molar-refractivity contribution >= 4 is 16.7 Å². The molecule has 2 aliphatic carbocycles. The van der Waals surface area contributed by atoms with Gasteiger partial charge in [0.05, 0.1) is 6.10 Å². The highest BCUT2D eigenvalue weighted by Crippen LogP contribution is 2.45. The monoisotopic (exact) mass is 267 g/mol. The van der Waals surface area contributed by atoms with E-state index in [2.05, 4.69) is 35.4 Å². The van der Waals surface area contributed by atoms with Crippen LogP contribution in [0.2, 0.25) is 0 Å². The molecule has 2 atom stereocenters. The third-order valence-electron chi connectivity index (χ3n) is 4.23. The van der Waals surface area contributed by atoms with Crippen LogP contribution in [-0.2, 0) is 4.74 Å². The second-order valence-corrected chi connectivity index (χ2v) is 6.68. The van der Waals surface area contributed by atoms with E-state index in [1.165, 1.54) is 24.4 Å². The van der Waals surface area contributed by atoms with Gasteiger partial charge in [-0.2, -0.15) is 4.37 Å². The molecule has 1 heterocycles. The van der Waals surface area contributed by atoms with Gasteiger partial charge in [0.2, 0.25) is 5.13 Å². The summed E-state index contributed by atoms with van der Waals surface area (Å²) in [5.74, 6) is 1.68. The van der Waals surface area contributed by atoms with Crippen molar-refractivity contribution in [1.29, 1.82) is 0 Å². The lowest BCUT2D eigenvalue weighted by molar-refractivity contribution is -0.0975. The van der Waals surface area contributed by atoms with Gasteiger partial charge in [0.25, 0.3) is 0 Å². The summed E-state index contributed by atoms with van der Waals surface area (Å²) in [5, 5.41) is 4.50.